The van der Waals surface area contributed by atoms with E-state index < -0.39 is 0 Å². The minimum atomic E-state index is 0.606. The third kappa shape index (κ3) is 1.75. The maximum absolute atomic E-state index is 5.82. The molecule has 0 amide bonds. The van der Waals surface area contributed by atoms with Crippen molar-refractivity contribution in [3.63, 3.8) is 0 Å². The Kier molecular flexibility index (Phi) is 2.65. The SMILES string of the molecule is NCC(c1ccccc1)C1CCC1. The lowest BCUT2D eigenvalue weighted by Crippen LogP contribution is -2.26. The van der Waals surface area contributed by atoms with Gasteiger partial charge >= 0.3 is 0 Å². The summed E-state index contributed by atoms with van der Waals surface area (Å²) in [4.78, 5) is 0. The fraction of sp³-hybridized carbons (Fsp3) is 0.500. The van der Waals surface area contributed by atoms with Crippen LogP contribution in [0.15, 0.2) is 30.3 Å². The lowest BCUT2D eigenvalue weighted by molar-refractivity contribution is 0.264. The molecule has 1 aliphatic carbocycles. The van der Waals surface area contributed by atoms with Gasteiger partial charge in [0.05, 0.1) is 0 Å². The molecule has 70 valence electrons. The maximum atomic E-state index is 5.82. The minimum absolute atomic E-state index is 0.606. The predicted octanol–water partition coefficient (Wildman–Crippen LogP) is 2.53. The Bertz CT molecular complexity index is 251. The van der Waals surface area contributed by atoms with Gasteiger partial charge < -0.3 is 5.73 Å². The van der Waals surface area contributed by atoms with Crippen LogP contribution in [0.25, 0.3) is 0 Å². The van der Waals surface area contributed by atoms with Gasteiger partial charge in [0.25, 0.3) is 0 Å². The van der Waals surface area contributed by atoms with Crippen LogP contribution in [-0.4, -0.2) is 6.54 Å². The summed E-state index contributed by atoms with van der Waals surface area (Å²) in [5.41, 5.74) is 7.24. The molecule has 1 aromatic rings. The monoisotopic (exact) mass is 175 g/mol. The third-order valence-corrected chi connectivity index (χ3v) is 3.20. The summed E-state index contributed by atoms with van der Waals surface area (Å²) in [6.45, 7) is 0.800. The topological polar surface area (TPSA) is 26.0 Å². The van der Waals surface area contributed by atoms with Crippen LogP contribution in [0, 0.1) is 5.92 Å². The molecule has 1 heteroatoms. The second kappa shape index (κ2) is 3.93. The van der Waals surface area contributed by atoms with Crippen molar-refractivity contribution < 1.29 is 0 Å². The quantitative estimate of drug-likeness (QED) is 0.750. The van der Waals surface area contributed by atoms with Gasteiger partial charge in [0, 0.05) is 0 Å². The predicted molar refractivity (Wildman–Crippen MR) is 55.6 cm³/mol. The van der Waals surface area contributed by atoms with Gasteiger partial charge in [0.2, 0.25) is 0 Å². The van der Waals surface area contributed by atoms with Gasteiger partial charge in [-0.2, -0.15) is 0 Å². The minimum Gasteiger partial charge on any atom is -0.330 e. The first kappa shape index (κ1) is 8.76. The van der Waals surface area contributed by atoms with Crippen molar-refractivity contribution in [1.29, 1.82) is 0 Å². The Balaban J connectivity index is 2.12. The van der Waals surface area contributed by atoms with Gasteiger partial charge in [0.1, 0.15) is 0 Å². The van der Waals surface area contributed by atoms with Crippen molar-refractivity contribution in [3.05, 3.63) is 35.9 Å². The zero-order chi connectivity index (χ0) is 9.10. The first-order chi connectivity index (χ1) is 6.42. The second-order valence-corrected chi connectivity index (χ2v) is 3.94. The van der Waals surface area contributed by atoms with Gasteiger partial charge in [-0.25, -0.2) is 0 Å². The van der Waals surface area contributed by atoms with Gasteiger partial charge in [-0.15, -0.1) is 0 Å². The van der Waals surface area contributed by atoms with Gasteiger partial charge in [-0.3, -0.25) is 0 Å². The Morgan fingerprint density at radius 1 is 1.23 bits per heavy atom. The number of hydrogen-bond donors (Lipinski definition) is 1. The number of benzene rings is 1. The highest BCUT2D eigenvalue weighted by molar-refractivity contribution is 5.21. The molecule has 2 N–H and O–H groups in total. The van der Waals surface area contributed by atoms with Crippen LogP contribution < -0.4 is 5.73 Å². The summed E-state index contributed by atoms with van der Waals surface area (Å²) in [6.07, 6.45) is 4.14. The van der Waals surface area contributed by atoms with Crippen molar-refractivity contribution >= 4 is 0 Å². The fourth-order valence-corrected chi connectivity index (χ4v) is 2.14. The normalized spacial score (nSPS) is 19.5. The molecule has 1 aromatic carbocycles. The highest BCUT2D eigenvalue weighted by Gasteiger charge is 2.26. The van der Waals surface area contributed by atoms with Crippen LogP contribution in [0.2, 0.25) is 0 Å². The molecule has 0 bridgehead atoms. The zero-order valence-corrected chi connectivity index (χ0v) is 7.95. The molecule has 0 radical (unpaired) electrons. The standard InChI is InChI=1S/C12H17N/c13-9-12(11-7-4-8-11)10-5-2-1-3-6-10/h1-3,5-6,11-12H,4,7-9,13H2. The molecule has 1 nitrogen and oxygen atoms in total. The molecule has 13 heavy (non-hydrogen) atoms. The first-order valence-corrected chi connectivity index (χ1v) is 5.17. The number of rotatable bonds is 3. The number of nitrogens with two attached hydrogens (primary N) is 1. The van der Waals surface area contributed by atoms with E-state index in [1.807, 2.05) is 0 Å². The summed E-state index contributed by atoms with van der Waals surface area (Å²) >= 11 is 0. The van der Waals surface area contributed by atoms with Crippen molar-refractivity contribution in [2.45, 2.75) is 25.2 Å². The first-order valence-electron chi connectivity index (χ1n) is 5.17. The molecular weight excluding hydrogens is 158 g/mol. The Morgan fingerprint density at radius 2 is 1.92 bits per heavy atom. The third-order valence-electron chi connectivity index (χ3n) is 3.20. The highest BCUT2D eigenvalue weighted by atomic mass is 14.6. The van der Waals surface area contributed by atoms with E-state index in [2.05, 4.69) is 30.3 Å². The van der Waals surface area contributed by atoms with E-state index in [0.717, 1.165) is 12.5 Å². The van der Waals surface area contributed by atoms with Crippen LogP contribution in [0.4, 0.5) is 0 Å². The van der Waals surface area contributed by atoms with Crippen LogP contribution >= 0.6 is 0 Å². The van der Waals surface area contributed by atoms with E-state index in [-0.39, 0.29) is 0 Å². The Labute approximate surface area is 80.0 Å². The second-order valence-electron chi connectivity index (χ2n) is 3.94. The molecule has 1 aliphatic rings. The van der Waals surface area contributed by atoms with Crippen LogP contribution in [0.1, 0.15) is 30.7 Å². The van der Waals surface area contributed by atoms with Gasteiger partial charge in [-0.05, 0) is 36.8 Å². The van der Waals surface area contributed by atoms with Crippen LogP contribution in [-0.2, 0) is 0 Å². The largest absolute Gasteiger partial charge is 0.330 e. The molecule has 1 unspecified atom stereocenters. The van der Waals surface area contributed by atoms with E-state index >= 15 is 0 Å². The molecule has 1 saturated carbocycles. The van der Waals surface area contributed by atoms with E-state index in [1.165, 1.54) is 24.8 Å². The summed E-state index contributed by atoms with van der Waals surface area (Å²) < 4.78 is 0. The van der Waals surface area contributed by atoms with Crippen LogP contribution in [0.3, 0.4) is 0 Å². The molecule has 1 atom stereocenters. The molecule has 0 saturated heterocycles. The van der Waals surface area contributed by atoms with Gasteiger partial charge in [-0.1, -0.05) is 36.8 Å². The molecule has 1 fully saturated rings. The average molecular weight is 175 g/mol. The van der Waals surface area contributed by atoms with Crippen molar-refractivity contribution in [2.75, 3.05) is 6.54 Å². The maximum Gasteiger partial charge on any atom is -0.000556 e. The average Bonchev–Trinajstić information content (AvgIpc) is 2.12. The van der Waals surface area contributed by atoms with Crippen molar-refractivity contribution in [1.82, 2.24) is 0 Å². The summed E-state index contributed by atoms with van der Waals surface area (Å²) in [5, 5.41) is 0. The molecular formula is C12H17N. The van der Waals surface area contributed by atoms with Crippen molar-refractivity contribution in [2.24, 2.45) is 11.7 Å². The van der Waals surface area contributed by atoms with E-state index in [1.54, 1.807) is 0 Å². The van der Waals surface area contributed by atoms with E-state index in [4.69, 9.17) is 5.73 Å². The molecule has 0 heterocycles. The number of hydrogen-bond acceptors (Lipinski definition) is 1. The summed E-state index contributed by atoms with van der Waals surface area (Å²) in [7, 11) is 0. The lowest BCUT2D eigenvalue weighted by Gasteiger charge is -2.33. The van der Waals surface area contributed by atoms with E-state index in [9.17, 15) is 0 Å². The van der Waals surface area contributed by atoms with E-state index in [0.29, 0.717) is 5.92 Å². The zero-order valence-electron chi connectivity index (χ0n) is 7.95. The Morgan fingerprint density at radius 3 is 2.38 bits per heavy atom. The van der Waals surface area contributed by atoms with Crippen molar-refractivity contribution in [3.8, 4) is 0 Å². The van der Waals surface area contributed by atoms with Crippen LogP contribution in [0.5, 0.6) is 0 Å². The molecule has 0 spiro atoms. The Hall–Kier alpha value is -0.820. The molecule has 0 aliphatic heterocycles. The highest BCUT2D eigenvalue weighted by Crippen LogP contribution is 2.38. The smallest absolute Gasteiger partial charge is 0.000556 e. The summed E-state index contributed by atoms with van der Waals surface area (Å²) in [6, 6.07) is 10.7. The lowest BCUT2D eigenvalue weighted by atomic mass is 9.73. The van der Waals surface area contributed by atoms with Gasteiger partial charge in [0.15, 0.2) is 0 Å². The molecule has 2 rings (SSSR count). The fourth-order valence-electron chi connectivity index (χ4n) is 2.14. The summed E-state index contributed by atoms with van der Waals surface area (Å²) in [5.74, 6) is 1.46. The molecule has 0 aromatic heterocycles.